The fourth-order valence-corrected chi connectivity index (χ4v) is 3.29. The van der Waals surface area contributed by atoms with Crippen LogP contribution in [0.25, 0.3) is 22.2 Å². The van der Waals surface area contributed by atoms with Crippen molar-refractivity contribution < 1.29 is 23.5 Å². The Balaban J connectivity index is 1.65. The van der Waals surface area contributed by atoms with E-state index in [4.69, 9.17) is 9.47 Å². The molecule has 7 heteroatoms. The molecular formula is C26H21FN2O4. The second-order valence-electron chi connectivity index (χ2n) is 7.17. The number of nitrogens with zero attached hydrogens (tertiary/aromatic N) is 1. The molecule has 1 aromatic heterocycles. The van der Waals surface area contributed by atoms with E-state index in [0.717, 1.165) is 5.56 Å². The lowest BCUT2D eigenvalue weighted by Crippen LogP contribution is -2.20. The molecule has 1 heterocycles. The zero-order valence-corrected chi connectivity index (χ0v) is 17.9. The lowest BCUT2D eigenvalue weighted by Gasteiger charge is -2.13. The molecule has 0 unspecified atom stereocenters. The van der Waals surface area contributed by atoms with Gasteiger partial charge in [-0.1, -0.05) is 30.3 Å². The summed E-state index contributed by atoms with van der Waals surface area (Å²) in [5.41, 5.74) is 2.98. The van der Waals surface area contributed by atoms with Crippen LogP contribution in [0.3, 0.4) is 0 Å². The van der Waals surface area contributed by atoms with Gasteiger partial charge in [0.15, 0.2) is 6.61 Å². The van der Waals surface area contributed by atoms with E-state index in [1.807, 2.05) is 30.3 Å². The topological polar surface area (TPSA) is 77.5 Å². The van der Waals surface area contributed by atoms with E-state index < -0.39 is 17.7 Å². The van der Waals surface area contributed by atoms with E-state index in [1.165, 1.54) is 24.3 Å². The second-order valence-corrected chi connectivity index (χ2v) is 7.17. The Hall–Kier alpha value is -4.26. The van der Waals surface area contributed by atoms with Crippen LogP contribution < -0.4 is 10.1 Å². The molecule has 0 radical (unpaired) electrons. The van der Waals surface area contributed by atoms with Crippen LogP contribution in [-0.2, 0) is 9.53 Å². The van der Waals surface area contributed by atoms with Crippen molar-refractivity contribution >= 4 is 28.5 Å². The molecule has 33 heavy (non-hydrogen) atoms. The number of nitrogens with one attached hydrogen (secondary N) is 1. The van der Waals surface area contributed by atoms with Crippen molar-refractivity contribution in [1.29, 1.82) is 0 Å². The van der Waals surface area contributed by atoms with Crippen LogP contribution >= 0.6 is 0 Å². The normalized spacial score (nSPS) is 10.6. The molecule has 0 aliphatic rings. The average molecular weight is 444 g/mol. The number of halogens is 1. The van der Waals surface area contributed by atoms with Gasteiger partial charge in [0.05, 0.1) is 23.4 Å². The number of rotatable bonds is 7. The molecule has 0 fully saturated rings. The van der Waals surface area contributed by atoms with Gasteiger partial charge >= 0.3 is 5.97 Å². The van der Waals surface area contributed by atoms with E-state index in [2.05, 4.69) is 10.3 Å². The van der Waals surface area contributed by atoms with Gasteiger partial charge in [0.2, 0.25) is 0 Å². The minimum atomic E-state index is -0.452. The number of fused-ring (bicyclic) bond motifs is 1. The summed E-state index contributed by atoms with van der Waals surface area (Å²) < 4.78 is 24.0. The number of ether oxygens (including phenoxy) is 2. The fourth-order valence-electron chi connectivity index (χ4n) is 3.29. The first-order valence-electron chi connectivity index (χ1n) is 10.4. The Bertz CT molecular complexity index is 1290. The molecule has 0 saturated carbocycles. The third kappa shape index (κ3) is 5.33. The molecule has 0 aliphatic heterocycles. The quantitative estimate of drug-likeness (QED) is 0.395. The molecule has 0 atom stereocenters. The highest BCUT2D eigenvalue weighted by atomic mass is 19.1. The molecule has 1 N–H and O–H groups in total. The van der Waals surface area contributed by atoms with Gasteiger partial charge in [0.1, 0.15) is 11.6 Å². The third-order valence-electron chi connectivity index (χ3n) is 4.84. The fraction of sp³-hybridized carbons (Fsp3) is 0.115. The van der Waals surface area contributed by atoms with E-state index in [0.29, 0.717) is 33.6 Å². The lowest BCUT2D eigenvalue weighted by atomic mass is 10.1. The van der Waals surface area contributed by atoms with Gasteiger partial charge in [-0.3, -0.25) is 4.79 Å². The summed E-state index contributed by atoms with van der Waals surface area (Å²) in [7, 11) is 0. The van der Waals surface area contributed by atoms with Crippen molar-refractivity contribution in [1.82, 2.24) is 4.98 Å². The van der Waals surface area contributed by atoms with Crippen LogP contribution in [0.1, 0.15) is 17.3 Å². The number of benzene rings is 3. The Morgan fingerprint density at radius 1 is 0.970 bits per heavy atom. The van der Waals surface area contributed by atoms with E-state index >= 15 is 0 Å². The summed E-state index contributed by atoms with van der Waals surface area (Å²) in [5, 5.41) is 3.24. The highest BCUT2D eigenvalue weighted by molar-refractivity contribution is 5.97. The van der Waals surface area contributed by atoms with Gasteiger partial charge in [-0.15, -0.1) is 0 Å². The molecule has 4 rings (SSSR count). The summed E-state index contributed by atoms with van der Waals surface area (Å²) in [6.45, 7) is 1.71. The van der Waals surface area contributed by atoms with E-state index in [9.17, 15) is 14.0 Å². The standard InChI is InChI=1S/C26H21FN2O4/c1-2-32-26(31)18-8-13-22-21(14-18)24(15-23(29-22)17-6-4-3-5-7-17)33-16-25(30)28-20-11-9-19(27)10-12-20/h3-15H,2,16H2,1H3,(H,28,30). The number of esters is 1. The Morgan fingerprint density at radius 3 is 2.45 bits per heavy atom. The molecule has 0 aliphatic carbocycles. The largest absolute Gasteiger partial charge is 0.483 e. The molecular weight excluding hydrogens is 423 g/mol. The SMILES string of the molecule is CCOC(=O)c1ccc2nc(-c3ccccc3)cc(OCC(=O)Nc3ccc(F)cc3)c2c1. The molecule has 3 aromatic carbocycles. The van der Waals surface area contributed by atoms with Crippen LogP contribution in [-0.4, -0.2) is 30.1 Å². The van der Waals surface area contributed by atoms with Gasteiger partial charge in [-0.05, 0) is 49.4 Å². The number of hydrogen-bond donors (Lipinski definition) is 1. The minimum Gasteiger partial charge on any atom is -0.483 e. The smallest absolute Gasteiger partial charge is 0.338 e. The Morgan fingerprint density at radius 2 is 1.73 bits per heavy atom. The first-order valence-corrected chi connectivity index (χ1v) is 10.4. The van der Waals surface area contributed by atoms with Crippen molar-refractivity contribution in [2.24, 2.45) is 0 Å². The number of amides is 1. The van der Waals surface area contributed by atoms with Crippen LogP contribution in [0.5, 0.6) is 5.75 Å². The highest BCUT2D eigenvalue weighted by Gasteiger charge is 2.14. The predicted molar refractivity (Wildman–Crippen MR) is 124 cm³/mol. The zero-order chi connectivity index (χ0) is 23.2. The van der Waals surface area contributed by atoms with Crippen LogP contribution in [0, 0.1) is 5.82 Å². The molecule has 6 nitrogen and oxygen atoms in total. The molecule has 1 amide bonds. The van der Waals surface area contributed by atoms with E-state index in [1.54, 1.807) is 31.2 Å². The van der Waals surface area contributed by atoms with Crippen molar-refractivity contribution in [3.8, 4) is 17.0 Å². The summed E-state index contributed by atoms with van der Waals surface area (Å²) in [4.78, 5) is 29.3. The number of carbonyl (C=O) groups excluding carboxylic acids is 2. The highest BCUT2D eigenvalue weighted by Crippen LogP contribution is 2.31. The molecule has 166 valence electrons. The number of pyridine rings is 1. The number of hydrogen-bond acceptors (Lipinski definition) is 5. The first-order chi connectivity index (χ1) is 16.0. The van der Waals surface area contributed by atoms with Crippen molar-refractivity contribution in [3.63, 3.8) is 0 Å². The van der Waals surface area contributed by atoms with Gasteiger partial charge in [-0.25, -0.2) is 14.2 Å². The van der Waals surface area contributed by atoms with Gasteiger partial charge in [0.25, 0.3) is 5.91 Å². The number of carbonyl (C=O) groups is 2. The summed E-state index contributed by atoms with van der Waals surface area (Å²) in [5.74, 6) is -0.849. The third-order valence-corrected chi connectivity index (χ3v) is 4.84. The first kappa shape index (κ1) is 22.0. The molecule has 0 saturated heterocycles. The lowest BCUT2D eigenvalue weighted by molar-refractivity contribution is -0.118. The monoisotopic (exact) mass is 444 g/mol. The van der Waals surface area contributed by atoms with Crippen molar-refractivity contribution in [2.75, 3.05) is 18.5 Å². The maximum atomic E-state index is 13.1. The summed E-state index contributed by atoms with van der Waals surface area (Å²) in [6.07, 6.45) is 0. The molecule has 0 bridgehead atoms. The predicted octanol–water partition coefficient (Wildman–Crippen LogP) is 5.24. The van der Waals surface area contributed by atoms with E-state index in [-0.39, 0.29) is 13.2 Å². The van der Waals surface area contributed by atoms with Gasteiger partial charge in [0, 0.05) is 22.7 Å². The summed E-state index contributed by atoms with van der Waals surface area (Å²) >= 11 is 0. The van der Waals surface area contributed by atoms with Crippen LogP contribution in [0.4, 0.5) is 10.1 Å². The van der Waals surface area contributed by atoms with Crippen LogP contribution in [0.15, 0.2) is 78.9 Å². The number of aromatic nitrogens is 1. The van der Waals surface area contributed by atoms with Crippen molar-refractivity contribution in [3.05, 3.63) is 90.2 Å². The van der Waals surface area contributed by atoms with Gasteiger partial charge in [-0.2, -0.15) is 0 Å². The minimum absolute atomic E-state index is 0.259. The Kier molecular flexibility index (Phi) is 6.59. The average Bonchev–Trinajstić information content (AvgIpc) is 2.84. The van der Waals surface area contributed by atoms with Crippen LogP contribution in [0.2, 0.25) is 0 Å². The van der Waals surface area contributed by atoms with Crippen molar-refractivity contribution in [2.45, 2.75) is 6.92 Å². The second kappa shape index (κ2) is 9.91. The maximum Gasteiger partial charge on any atom is 0.338 e. The molecule has 0 spiro atoms. The zero-order valence-electron chi connectivity index (χ0n) is 17.9. The maximum absolute atomic E-state index is 13.1. The Labute approximate surface area is 190 Å². The van der Waals surface area contributed by atoms with Gasteiger partial charge < -0.3 is 14.8 Å². The number of anilines is 1. The molecule has 4 aromatic rings. The summed E-state index contributed by atoms with van der Waals surface area (Å²) in [6, 6.07) is 21.8.